The van der Waals surface area contributed by atoms with Gasteiger partial charge in [0, 0.05) is 29.1 Å². The molecule has 0 aliphatic rings. The van der Waals surface area contributed by atoms with Gasteiger partial charge in [-0.2, -0.15) is 0 Å². The molecule has 5 heteroatoms. The molecular formula is C13H14BrN3O. The molecule has 0 spiro atoms. The third-order valence-electron chi connectivity index (χ3n) is 2.48. The molecule has 1 heterocycles. The van der Waals surface area contributed by atoms with Crippen LogP contribution < -0.4 is 11.1 Å². The maximum atomic E-state index is 11.8. The molecule has 0 saturated heterocycles. The molecule has 0 bridgehead atoms. The standard InChI is InChI=1S/C13H14BrN3O/c14-11-2-1-3-12(6-11)16-13(18)9-17-5-4-10(7-15)8-17/h1-6,8H,7,9,15H2,(H,16,18). The van der Waals surface area contributed by atoms with Crippen LogP contribution in [0.15, 0.2) is 47.2 Å². The Hall–Kier alpha value is -1.59. The molecule has 3 N–H and O–H groups in total. The quantitative estimate of drug-likeness (QED) is 0.911. The summed E-state index contributed by atoms with van der Waals surface area (Å²) >= 11 is 3.36. The maximum absolute atomic E-state index is 11.8. The van der Waals surface area contributed by atoms with Crippen molar-refractivity contribution < 1.29 is 4.79 Å². The van der Waals surface area contributed by atoms with E-state index in [0.29, 0.717) is 6.54 Å². The number of nitrogens with zero attached hydrogens (tertiary/aromatic N) is 1. The van der Waals surface area contributed by atoms with Crippen LogP contribution in [0.3, 0.4) is 0 Å². The predicted octanol–water partition coefficient (Wildman–Crippen LogP) is 2.35. The van der Waals surface area contributed by atoms with Crippen LogP contribution in [0.5, 0.6) is 0 Å². The number of halogens is 1. The monoisotopic (exact) mass is 307 g/mol. The van der Waals surface area contributed by atoms with Gasteiger partial charge in [0.05, 0.1) is 0 Å². The average molecular weight is 308 g/mol. The Morgan fingerprint density at radius 2 is 2.22 bits per heavy atom. The smallest absolute Gasteiger partial charge is 0.244 e. The van der Waals surface area contributed by atoms with E-state index in [2.05, 4.69) is 21.2 Å². The number of hydrogen-bond acceptors (Lipinski definition) is 2. The highest BCUT2D eigenvalue weighted by Gasteiger charge is 2.04. The first-order valence-corrected chi connectivity index (χ1v) is 6.37. The second-order valence-electron chi connectivity index (χ2n) is 3.95. The number of nitrogens with one attached hydrogen (secondary N) is 1. The summed E-state index contributed by atoms with van der Waals surface area (Å²) in [5.74, 6) is -0.0627. The molecule has 0 radical (unpaired) electrons. The lowest BCUT2D eigenvalue weighted by atomic mass is 10.3. The minimum Gasteiger partial charge on any atom is -0.345 e. The maximum Gasteiger partial charge on any atom is 0.244 e. The van der Waals surface area contributed by atoms with Crippen LogP contribution in [0, 0.1) is 0 Å². The number of rotatable bonds is 4. The third-order valence-corrected chi connectivity index (χ3v) is 2.98. The molecule has 1 amide bonds. The zero-order chi connectivity index (χ0) is 13.0. The van der Waals surface area contributed by atoms with E-state index in [1.807, 2.05) is 47.3 Å². The van der Waals surface area contributed by atoms with Gasteiger partial charge in [-0.1, -0.05) is 22.0 Å². The summed E-state index contributed by atoms with van der Waals surface area (Å²) in [6, 6.07) is 9.41. The largest absolute Gasteiger partial charge is 0.345 e. The second-order valence-corrected chi connectivity index (χ2v) is 4.87. The Kier molecular flexibility index (Phi) is 4.17. The molecule has 0 atom stereocenters. The van der Waals surface area contributed by atoms with Crippen LogP contribution in [0.1, 0.15) is 5.56 Å². The zero-order valence-electron chi connectivity index (χ0n) is 9.77. The lowest BCUT2D eigenvalue weighted by Gasteiger charge is -2.06. The van der Waals surface area contributed by atoms with Crippen LogP contribution in [-0.2, 0) is 17.9 Å². The number of carbonyl (C=O) groups is 1. The molecular weight excluding hydrogens is 294 g/mol. The van der Waals surface area contributed by atoms with Crippen LogP contribution >= 0.6 is 15.9 Å². The van der Waals surface area contributed by atoms with Crippen molar-refractivity contribution in [3.8, 4) is 0 Å². The van der Waals surface area contributed by atoms with Gasteiger partial charge in [-0.25, -0.2) is 0 Å². The summed E-state index contributed by atoms with van der Waals surface area (Å²) < 4.78 is 2.75. The van der Waals surface area contributed by atoms with Crippen molar-refractivity contribution in [2.24, 2.45) is 5.73 Å². The summed E-state index contributed by atoms with van der Waals surface area (Å²) in [6.45, 7) is 0.771. The molecule has 0 aliphatic carbocycles. The van der Waals surface area contributed by atoms with Gasteiger partial charge >= 0.3 is 0 Å². The summed E-state index contributed by atoms with van der Waals surface area (Å²) in [5.41, 5.74) is 7.31. The first kappa shape index (κ1) is 12.9. The number of hydrogen-bond donors (Lipinski definition) is 2. The van der Waals surface area contributed by atoms with Gasteiger partial charge in [-0.05, 0) is 29.8 Å². The van der Waals surface area contributed by atoms with Crippen LogP contribution in [-0.4, -0.2) is 10.5 Å². The Labute approximate surface area is 114 Å². The number of nitrogens with two attached hydrogens (primary N) is 1. The molecule has 4 nitrogen and oxygen atoms in total. The highest BCUT2D eigenvalue weighted by atomic mass is 79.9. The Morgan fingerprint density at radius 1 is 1.39 bits per heavy atom. The van der Waals surface area contributed by atoms with Crippen molar-refractivity contribution in [2.45, 2.75) is 13.1 Å². The van der Waals surface area contributed by atoms with E-state index in [-0.39, 0.29) is 12.5 Å². The van der Waals surface area contributed by atoms with Crippen LogP contribution in [0.4, 0.5) is 5.69 Å². The van der Waals surface area contributed by atoms with E-state index < -0.39 is 0 Å². The van der Waals surface area contributed by atoms with E-state index in [1.54, 1.807) is 0 Å². The third kappa shape index (κ3) is 3.45. The van der Waals surface area contributed by atoms with Crippen molar-refractivity contribution in [3.05, 3.63) is 52.8 Å². The fourth-order valence-electron chi connectivity index (χ4n) is 1.64. The number of carbonyl (C=O) groups excluding carboxylic acids is 1. The van der Waals surface area contributed by atoms with Gasteiger partial charge in [0.1, 0.15) is 6.54 Å². The average Bonchev–Trinajstić information content (AvgIpc) is 2.76. The zero-order valence-corrected chi connectivity index (χ0v) is 11.4. The number of anilines is 1. The van der Waals surface area contributed by atoms with Crippen molar-refractivity contribution in [1.82, 2.24) is 4.57 Å². The lowest BCUT2D eigenvalue weighted by Crippen LogP contribution is -2.17. The van der Waals surface area contributed by atoms with Crippen molar-refractivity contribution in [2.75, 3.05) is 5.32 Å². The number of aromatic nitrogens is 1. The molecule has 0 unspecified atom stereocenters. The molecule has 18 heavy (non-hydrogen) atoms. The molecule has 2 rings (SSSR count). The van der Waals surface area contributed by atoms with Gasteiger partial charge in [0.2, 0.25) is 5.91 Å². The van der Waals surface area contributed by atoms with E-state index >= 15 is 0 Å². The van der Waals surface area contributed by atoms with Gasteiger partial charge in [0.15, 0.2) is 0 Å². The Bertz CT molecular complexity index is 551. The minimum absolute atomic E-state index is 0.0627. The molecule has 1 aromatic heterocycles. The second kappa shape index (κ2) is 5.84. The Balaban J connectivity index is 1.96. The Morgan fingerprint density at radius 3 is 2.89 bits per heavy atom. The van der Waals surface area contributed by atoms with Gasteiger partial charge in [0.25, 0.3) is 0 Å². The van der Waals surface area contributed by atoms with Crippen LogP contribution in [0.25, 0.3) is 0 Å². The molecule has 2 aromatic rings. The summed E-state index contributed by atoms with van der Waals surface area (Å²) in [4.78, 5) is 11.8. The number of benzene rings is 1. The molecule has 0 saturated carbocycles. The number of amides is 1. The van der Waals surface area contributed by atoms with Gasteiger partial charge in [-0.15, -0.1) is 0 Å². The minimum atomic E-state index is -0.0627. The van der Waals surface area contributed by atoms with Crippen molar-refractivity contribution >= 4 is 27.5 Å². The highest BCUT2D eigenvalue weighted by molar-refractivity contribution is 9.10. The van der Waals surface area contributed by atoms with E-state index in [1.165, 1.54) is 0 Å². The van der Waals surface area contributed by atoms with E-state index in [4.69, 9.17) is 5.73 Å². The molecule has 1 aromatic carbocycles. The molecule has 0 aliphatic heterocycles. The topological polar surface area (TPSA) is 60.0 Å². The summed E-state index contributed by atoms with van der Waals surface area (Å²) in [7, 11) is 0. The van der Waals surface area contributed by atoms with Crippen molar-refractivity contribution in [3.63, 3.8) is 0 Å². The van der Waals surface area contributed by atoms with Gasteiger partial charge in [-0.3, -0.25) is 4.79 Å². The molecule has 94 valence electrons. The highest BCUT2D eigenvalue weighted by Crippen LogP contribution is 2.15. The molecule has 0 fully saturated rings. The normalized spacial score (nSPS) is 10.3. The summed E-state index contributed by atoms with van der Waals surface area (Å²) in [6.07, 6.45) is 3.73. The first-order chi connectivity index (χ1) is 8.67. The first-order valence-electron chi connectivity index (χ1n) is 5.57. The lowest BCUT2D eigenvalue weighted by molar-refractivity contribution is -0.116. The van der Waals surface area contributed by atoms with Crippen molar-refractivity contribution in [1.29, 1.82) is 0 Å². The SMILES string of the molecule is NCc1ccn(CC(=O)Nc2cccc(Br)c2)c1. The van der Waals surface area contributed by atoms with E-state index in [0.717, 1.165) is 15.7 Å². The fraction of sp³-hybridized carbons (Fsp3) is 0.154. The van der Waals surface area contributed by atoms with E-state index in [9.17, 15) is 4.79 Å². The fourth-order valence-corrected chi connectivity index (χ4v) is 2.04. The van der Waals surface area contributed by atoms with Crippen LogP contribution in [0.2, 0.25) is 0 Å². The predicted molar refractivity (Wildman–Crippen MR) is 75.1 cm³/mol. The van der Waals surface area contributed by atoms with Gasteiger partial charge < -0.3 is 15.6 Å². The summed E-state index contributed by atoms with van der Waals surface area (Å²) in [5, 5.41) is 2.84.